The van der Waals surface area contributed by atoms with Crippen LogP contribution in [0.4, 0.5) is 0 Å². The van der Waals surface area contributed by atoms with Crippen LogP contribution in [-0.4, -0.2) is 37.5 Å². The van der Waals surface area contributed by atoms with Gasteiger partial charge in [0.2, 0.25) is 0 Å². The molecule has 24 heavy (non-hydrogen) atoms. The Kier molecular flexibility index (Phi) is 3.60. The van der Waals surface area contributed by atoms with Crippen LogP contribution in [0.25, 0.3) is 10.8 Å². The topological polar surface area (TPSA) is 94.7 Å². The van der Waals surface area contributed by atoms with Gasteiger partial charge in [0.1, 0.15) is 17.8 Å². The van der Waals surface area contributed by atoms with Gasteiger partial charge in [-0.25, -0.2) is 4.98 Å². The fraction of sp³-hybridized carbons (Fsp3) is 0.294. The predicted molar refractivity (Wildman–Crippen MR) is 88.6 cm³/mol. The van der Waals surface area contributed by atoms with Crippen LogP contribution in [0.15, 0.2) is 41.5 Å². The molecule has 0 spiro atoms. The molecule has 0 saturated carbocycles. The number of fused-ring (bicyclic) bond motifs is 1. The van der Waals surface area contributed by atoms with Crippen LogP contribution in [0.2, 0.25) is 0 Å². The molecular formula is C17H17N5O2. The van der Waals surface area contributed by atoms with Crippen molar-refractivity contribution in [3.05, 3.63) is 58.5 Å². The van der Waals surface area contributed by atoms with Gasteiger partial charge in [-0.15, -0.1) is 0 Å². The molecule has 2 aromatic heterocycles. The van der Waals surface area contributed by atoms with Gasteiger partial charge in [-0.2, -0.15) is 5.10 Å². The summed E-state index contributed by atoms with van der Waals surface area (Å²) in [6, 6.07) is 8.86. The summed E-state index contributed by atoms with van der Waals surface area (Å²) in [5, 5.41) is 8.09. The molecule has 0 bridgehead atoms. The molecule has 0 unspecified atom stereocenters. The van der Waals surface area contributed by atoms with Crippen LogP contribution < -0.4 is 5.56 Å². The average molecular weight is 323 g/mol. The molecule has 1 fully saturated rings. The van der Waals surface area contributed by atoms with Gasteiger partial charge in [0.15, 0.2) is 0 Å². The first-order valence-electron chi connectivity index (χ1n) is 8.02. The van der Waals surface area contributed by atoms with E-state index < -0.39 is 0 Å². The zero-order valence-corrected chi connectivity index (χ0v) is 13.0. The number of H-pyrrole nitrogens is 2. The first kappa shape index (κ1) is 14.6. The van der Waals surface area contributed by atoms with Gasteiger partial charge in [-0.05, 0) is 36.8 Å². The fourth-order valence-corrected chi connectivity index (χ4v) is 3.32. The number of benzene rings is 1. The molecule has 2 N–H and O–H groups in total. The molecule has 3 heterocycles. The third-order valence-electron chi connectivity index (χ3n) is 4.50. The highest BCUT2D eigenvalue weighted by Crippen LogP contribution is 2.29. The van der Waals surface area contributed by atoms with Crippen molar-refractivity contribution in [3.63, 3.8) is 0 Å². The molecule has 7 nitrogen and oxygen atoms in total. The summed E-state index contributed by atoms with van der Waals surface area (Å²) in [5.41, 5.74) is 0.0646. The quantitative estimate of drug-likeness (QED) is 0.754. The molecule has 1 aromatic carbocycles. The van der Waals surface area contributed by atoms with Crippen LogP contribution in [0.3, 0.4) is 0 Å². The number of carbonyl (C=O) groups excluding carboxylic acids is 1. The van der Waals surface area contributed by atoms with Crippen LogP contribution >= 0.6 is 0 Å². The maximum atomic E-state index is 13.0. The number of piperidine rings is 1. The average Bonchev–Trinajstić information content (AvgIpc) is 3.15. The summed E-state index contributed by atoms with van der Waals surface area (Å²) in [7, 11) is 0. The Hall–Kier alpha value is -2.96. The zero-order valence-electron chi connectivity index (χ0n) is 13.0. The Morgan fingerprint density at radius 1 is 1.25 bits per heavy atom. The number of aromatic nitrogens is 4. The largest absolute Gasteiger partial charge is 0.327 e. The molecule has 7 heteroatoms. The Labute approximate surface area is 137 Å². The van der Waals surface area contributed by atoms with E-state index in [9.17, 15) is 9.59 Å². The lowest BCUT2D eigenvalue weighted by molar-refractivity contribution is 0.0594. The number of nitrogens with zero attached hydrogens (tertiary/aromatic N) is 3. The third-order valence-corrected chi connectivity index (χ3v) is 4.50. The molecule has 0 aliphatic carbocycles. The van der Waals surface area contributed by atoms with Crippen molar-refractivity contribution < 1.29 is 4.79 Å². The third kappa shape index (κ3) is 2.47. The standard InChI is InChI=1S/C17H17N5O2/c23-16-12-6-2-1-5-11(12)9-13(20-16)17(24)22-8-4-3-7-14(22)15-18-10-19-21-15/h1-2,5-6,9-10,14H,3-4,7-8H2,(H,20,23)(H,18,19,21)/t14-/m0/s1. The minimum absolute atomic E-state index is 0.135. The van der Waals surface area contributed by atoms with Gasteiger partial charge in [0.25, 0.3) is 11.5 Å². The van der Waals surface area contributed by atoms with E-state index in [4.69, 9.17) is 0 Å². The molecule has 0 radical (unpaired) electrons. The predicted octanol–water partition coefficient (Wildman–Crippen LogP) is 2.01. The van der Waals surface area contributed by atoms with E-state index in [0.29, 0.717) is 23.4 Å². The number of carbonyl (C=O) groups is 1. The van der Waals surface area contributed by atoms with Crippen molar-refractivity contribution in [3.8, 4) is 0 Å². The van der Waals surface area contributed by atoms with Crippen molar-refractivity contribution in [2.45, 2.75) is 25.3 Å². The van der Waals surface area contributed by atoms with Gasteiger partial charge >= 0.3 is 0 Å². The molecule has 1 aliphatic rings. The number of rotatable bonds is 2. The molecule has 122 valence electrons. The van der Waals surface area contributed by atoms with Gasteiger partial charge in [-0.1, -0.05) is 18.2 Å². The number of aromatic amines is 2. The summed E-state index contributed by atoms with van der Waals surface area (Å²) in [6.07, 6.45) is 4.25. The Morgan fingerprint density at radius 3 is 2.96 bits per heavy atom. The Balaban J connectivity index is 1.73. The second-order valence-corrected chi connectivity index (χ2v) is 5.98. The smallest absolute Gasteiger partial charge is 0.271 e. The van der Waals surface area contributed by atoms with Crippen molar-refractivity contribution >= 4 is 16.7 Å². The summed E-state index contributed by atoms with van der Waals surface area (Å²) in [5.74, 6) is 0.505. The number of hydrogen-bond acceptors (Lipinski definition) is 4. The number of pyridine rings is 1. The first-order chi connectivity index (χ1) is 11.7. The van der Waals surface area contributed by atoms with E-state index in [-0.39, 0.29) is 17.5 Å². The fourth-order valence-electron chi connectivity index (χ4n) is 3.32. The van der Waals surface area contributed by atoms with Gasteiger partial charge < -0.3 is 9.88 Å². The highest BCUT2D eigenvalue weighted by Gasteiger charge is 2.31. The monoisotopic (exact) mass is 323 g/mol. The van der Waals surface area contributed by atoms with Crippen molar-refractivity contribution in [1.82, 2.24) is 25.1 Å². The lowest BCUT2D eigenvalue weighted by atomic mass is 10.0. The van der Waals surface area contributed by atoms with E-state index in [1.165, 1.54) is 6.33 Å². The van der Waals surface area contributed by atoms with Gasteiger partial charge in [0.05, 0.1) is 6.04 Å². The highest BCUT2D eigenvalue weighted by molar-refractivity contribution is 5.96. The van der Waals surface area contributed by atoms with Crippen LogP contribution in [0.1, 0.15) is 41.6 Å². The molecule has 1 atom stereocenters. The second kappa shape index (κ2) is 5.92. The molecule has 1 aliphatic heterocycles. The lowest BCUT2D eigenvalue weighted by Gasteiger charge is -2.34. The number of hydrogen-bond donors (Lipinski definition) is 2. The van der Waals surface area contributed by atoms with E-state index >= 15 is 0 Å². The SMILES string of the molecule is O=C(c1cc2ccccc2c(=O)[nH]1)N1CCCC[C@H]1c1ncn[nH]1. The maximum absolute atomic E-state index is 13.0. The van der Waals surface area contributed by atoms with Crippen molar-refractivity contribution in [2.75, 3.05) is 6.54 Å². The molecular weight excluding hydrogens is 306 g/mol. The summed E-state index contributed by atoms with van der Waals surface area (Å²) in [6.45, 7) is 0.638. The Morgan fingerprint density at radius 2 is 2.12 bits per heavy atom. The summed E-state index contributed by atoms with van der Waals surface area (Å²) in [4.78, 5) is 33.9. The number of likely N-dealkylation sites (tertiary alicyclic amines) is 1. The van der Waals surface area contributed by atoms with Crippen molar-refractivity contribution in [1.29, 1.82) is 0 Å². The van der Waals surface area contributed by atoms with E-state index in [1.807, 2.05) is 18.2 Å². The van der Waals surface area contributed by atoms with E-state index in [2.05, 4.69) is 20.2 Å². The molecule has 3 aromatic rings. The second-order valence-electron chi connectivity index (χ2n) is 5.98. The number of nitrogens with one attached hydrogen (secondary N) is 2. The lowest BCUT2D eigenvalue weighted by Crippen LogP contribution is -2.39. The minimum Gasteiger partial charge on any atom is -0.327 e. The van der Waals surface area contributed by atoms with E-state index in [0.717, 1.165) is 24.6 Å². The van der Waals surface area contributed by atoms with Gasteiger partial charge in [0, 0.05) is 11.9 Å². The summed E-state index contributed by atoms with van der Waals surface area (Å²) >= 11 is 0. The molecule has 4 rings (SSSR count). The Bertz CT molecular complexity index is 932. The highest BCUT2D eigenvalue weighted by atomic mass is 16.2. The van der Waals surface area contributed by atoms with Crippen LogP contribution in [-0.2, 0) is 0 Å². The van der Waals surface area contributed by atoms with E-state index in [1.54, 1.807) is 17.0 Å². The van der Waals surface area contributed by atoms with Crippen LogP contribution in [0.5, 0.6) is 0 Å². The van der Waals surface area contributed by atoms with Crippen LogP contribution in [0, 0.1) is 0 Å². The van der Waals surface area contributed by atoms with Crippen molar-refractivity contribution in [2.24, 2.45) is 0 Å². The zero-order chi connectivity index (χ0) is 16.5. The normalized spacial score (nSPS) is 18.0. The first-order valence-corrected chi connectivity index (χ1v) is 8.02. The van der Waals surface area contributed by atoms with Gasteiger partial charge in [-0.3, -0.25) is 14.7 Å². The number of amides is 1. The maximum Gasteiger partial charge on any atom is 0.271 e. The molecule has 1 saturated heterocycles. The molecule has 1 amide bonds. The minimum atomic E-state index is -0.246. The summed E-state index contributed by atoms with van der Waals surface area (Å²) < 4.78 is 0.